The van der Waals surface area contributed by atoms with Gasteiger partial charge in [0.1, 0.15) is 24.4 Å². The van der Waals surface area contributed by atoms with E-state index in [0.717, 1.165) is 0 Å². The van der Waals surface area contributed by atoms with Crippen LogP contribution >= 0.6 is 0 Å². The molecule has 1 saturated carbocycles. The number of hydrogen-bond acceptors (Lipinski definition) is 9. The molecule has 164 valence electrons. The van der Waals surface area contributed by atoms with E-state index < -0.39 is 72.6 Å². The van der Waals surface area contributed by atoms with Gasteiger partial charge in [0.05, 0.1) is 30.5 Å². The highest BCUT2D eigenvalue weighted by Crippen LogP contribution is 2.48. The molecule has 9 heteroatoms. The summed E-state index contributed by atoms with van der Waals surface area (Å²) in [7, 11) is 0. The highest BCUT2D eigenvalue weighted by atomic mass is 16.7. The van der Waals surface area contributed by atoms with Crippen LogP contribution in [0.15, 0.2) is 12.2 Å². The van der Waals surface area contributed by atoms with Gasteiger partial charge < -0.3 is 45.2 Å². The van der Waals surface area contributed by atoms with Crippen LogP contribution in [0.25, 0.3) is 0 Å². The topological polar surface area (TPSA) is 160 Å². The van der Waals surface area contributed by atoms with Gasteiger partial charge >= 0.3 is 0 Å². The standard InChI is InChI=1S/C19H34O9/c1-9(27-17-16(25)15(24)14(23)12(8-20)28-17)5-6-19(26)10(2)13(22)11(21)7-18(19,3)4/h5-6,9-17,20-26H,7-8H2,1-4H3/b6-5+/t9?,10-,11-,12+,13-,14+,15-,16+,17+,19?/m0/s1. The van der Waals surface area contributed by atoms with Gasteiger partial charge in [-0.15, -0.1) is 0 Å². The molecule has 0 spiro atoms. The fraction of sp³-hybridized carbons (Fsp3) is 0.895. The number of aliphatic hydroxyl groups is 7. The summed E-state index contributed by atoms with van der Waals surface area (Å²) < 4.78 is 10.9. The molecule has 10 atom stereocenters. The molecule has 0 aromatic carbocycles. The van der Waals surface area contributed by atoms with E-state index in [9.17, 15) is 35.7 Å². The first-order valence-electron chi connectivity index (χ1n) is 9.59. The maximum atomic E-state index is 11.2. The van der Waals surface area contributed by atoms with Crippen molar-refractivity contribution in [3.63, 3.8) is 0 Å². The highest BCUT2D eigenvalue weighted by Gasteiger charge is 2.54. The third kappa shape index (κ3) is 4.28. The van der Waals surface area contributed by atoms with E-state index in [-0.39, 0.29) is 6.42 Å². The van der Waals surface area contributed by atoms with Crippen molar-refractivity contribution in [2.24, 2.45) is 11.3 Å². The van der Waals surface area contributed by atoms with Crippen molar-refractivity contribution in [3.8, 4) is 0 Å². The lowest BCUT2D eigenvalue weighted by atomic mass is 9.58. The van der Waals surface area contributed by atoms with Crippen molar-refractivity contribution < 1.29 is 45.2 Å². The lowest BCUT2D eigenvalue weighted by Crippen LogP contribution is -2.60. The minimum absolute atomic E-state index is 0.210. The second kappa shape index (κ2) is 8.63. The fourth-order valence-corrected chi connectivity index (χ4v) is 4.11. The summed E-state index contributed by atoms with van der Waals surface area (Å²) in [5.41, 5.74) is -2.14. The van der Waals surface area contributed by atoms with E-state index in [1.54, 1.807) is 33.8 Å². The zero-order valence-corrected chi connectivity index (χ0v) is 16.7. The molecule has 2 unspecified atom stereocenters. The SMILES string of the molecule is CC(/C=C/C1(O)[C@@H](C)[C@H](O)[C@@H](O)CC1(C)C)O[C@@H]1O[C@H](CO)[C@@H](O)[C@H](O)[C@H]1O. The minimum Gasteiger partial charge on any atom is -0.394 e. The Hall–Kier alpha value is -0.620. The number of rotatable bonds is 5. The van der Waals surface area contributed by atoms with Crippen LogP contribution in [0.4, 0.5) is 0 Å². The second-order valence-electron chi connectivity index (χ2n) is 8.66. The van der Waals surface area contributed by atoms with E-state index in [0.29, 0.717) is 0 Å². The van der Waals surface area contributed by atoms with Crippen molar-refractivity contribution in [2.75, 3.05) is 6.61 Å². The first-order chi connectivity index (χ1) is 12.9. The Labute approximate surface area is 164 Å². The van der Waals surface area contributed by atoms with Crippen LogP contribution in [-0.2, 0) is 9.47 Å². The van der Waals surface area contributed by atoms with E-state index >= 15 is 0 Å². The fourth-order valence-electron chi connectivity index (χ4n) is 4.11. The number of hydrogen-bond donors (Lipinski definition) is 7. The van der Waals surface area contributed by atoms with Crippen molar-refractivity contribution in [1.29, 1.82) is 0 Å². The Kier molecular flexibility index (Phi) is 7.29. The number of ether oxygens (including phenoxy) is 2. The molecule has 1 aliphatic carbocycles. The van der Waals surface area contributed by atoms with Gasteiger partial charge in [-0.25, -0.2) is 0 Å². The Morgan fingerprint density at radius 2 is 1.68 bits per heavy atom. The molecule has 2 fully saturated rings. The molecule has 1 saturated heterocycles. The van der Waals surface area contributed by atoms with Crippen LogP contribution in [0, 0.1) is 11.3 Å². The van der Waals surface area contributed by atoms with Crippen LogP contribution < -0.4 is 0 Å². The lowest BCUT2D eigenvalue weighted by molar-refractivity contribution is -0.306. The van der Waals surface area contributed by atoms with Crippen LogP contribution in [0.1, 0.15) is 34.1 Å². The summed E-state index contributed by atoms with van der Waals surface area (Å²) in [6.07, 6.45) is -6.28. The largest absolute Gasteiger partial charge is 0.394 e. The first kappa shape index (κ1) is 23.7. The van der Waals surface area contributed by atoms with Gasteiger partial charge in [-0.05, 0) is 13.3 Å². The van der Waals surface area contributed by atoms with Crippen LogP contribution in [0.3, 0.4) is 0 Å². The van der Waals surface area contributed by atoms with E-state index in [4.69, 9.17) is 9.47 Å². The maximum Gasteiger partial charge on any atom is 0.187 e. The van der Waals surface area contributed by atoms with Crippen LogP contribution in [0.2, 0.25) is 0 Å². The third-order valence-corrected chi connectivity index (χ3v) is 6.22. The normalized spacial score (nSPS) is 48.0. The Morgan fingerprint density at radius 1 is 1.07 bits per heavy atom. The second-order valence-corrected chi connectivity index (χ2v) is 8.66. The molecule has 0 bridgehead atoms. The molecule has 0 amide bonds. The zero-order chi connectivity index (χ0) is 21.4. The van der Waals surface area contributed by atoms with Gasteiger partial charge in [-0.1, -0.05) is 32.9 Å². The maximum absolute atomic E-state index is 11.2. The Balaban J connectivity index is 2.11. The van der Waals surface area contributed by atoms with Gasteiger partial charge in [0.15, 0.2) is 6.29 Å². The van der Waals surface area contributed by atoms with Gasteiger partial charge in [-0.3, -0.25) is 0 Å². The molecule has 9 nitrogen and oxygen atoms in total. The third-order valence-electron chi connectivity index (χ3n) is 6.22. The quantitative estimate of drug-likeness (QED) is 0.263. The molecule has 1 aliphatic heterocycles. The summed E-state index contributed by atoms with van der Waals surface area (Å²) in [6, 6.07) is 0. The minimum atomic E-state index is -1.54. The van der Waals surface area contributed by atoms with Gasteiger partial charge in [0.25, 0.3) is 0 Å². The molecular formula is C19H34O9. The molecule has 2 aliphatic rings. The summed E-state index contributed by atoms with van der Waals surface area (Å²) >= 11 is 0. The Bertz CT molecular complexity index is 552. The van der Waals surface area contributed by atoms with E-state index in [1.165, 1.54) is 6.08 Å². The molecule has 1 heterocycles. The van der Waals surface area contributed by atoms with Crippen molar-refractivity contribution in [1.82, 2.24) is 0 Å². The summed E-state index contributed by atoms with van der Waals surface area (Å²) in [6.45, 7) is 6.33. The summed E-state index contributed by atoms with van der Waals surface area (Å²) in [5, 5.41) is 70.3. The monoisotopic (exact) mass is 406 g/mol. The highest BCUT2D eigenvalue weighted by molar-refractivity contribution is 5.17. The summed E-state index contributed by atoms with van der Waals surface area (Å²) in [5.74, 6) is -0.637. The van der Waals surface area contributed by atoms with Crippen LogP contribution in [0.5, 0.6) is 0 Å². The molecule has 0 radical (unpaired) electrons. The van der Waals surface area contributed by atoms with Crippen molar-refractivity contribution in [2.45, 2.75) is 88.7 Å². The van der Waals surface area contributed by atoms with Crippen molar-refractivity contribution >= 4 is 0 Å². The van der Waals surface area contributed by atoms with Gasteiger partial charge in [-0.2, -0.15) is 0 Å². The molecule has 0 aromatic heterocycles. The molecule has 7 N–H and O–H groups in total. The van der Waals surface area contributed by atoms with Crippen molar-refractivity contribution in [3.05, 3.63) is 12.2 Å². The van der Waals surface area contributed by atoms with Crippen LogP contribution in [-0.4, -0.2) is 97.0 Å². The molecular weight excluding hydrogens is 372 g/mol. The summed E-state index contributed by atoms with van der Waals surface area (Å²) in [4.78, 5) is 0. The predicted molar refractivity (Wildman–Crippen MR) is 98.0 cm³/mol. The average molecular weight is 406 g/mol. The molecule has 2 rings (SSSR count). The average Bonchev–Trinajstić information content (AvgIpc) is 2.63. The predicted octanol–water partition coefficient (Wildman–Crippen LogP) is -1.73. The smallest absolute Gasteiger partial charge is 0.187 e. The Morgan fingerprint density at radius 3 is 2.25 bits per heavy atom. The van der Waals surface area contributed by atoms with E-state index in [2.05, 4.69) is 0 Å². The molecule has 0 aromatic rings. The number of aliphatic hydroxyl groups excluding tert-OH is 6. The van der Waals surface area contributed by atoms with E-state index in [1.807, 2.05) is 0 Å². The zero-order valence-electron chi connectivity index (χ0n) is 16.7. The van der Waals surface area contributed by atoms with Gasteiger partial charge in [0.2, 0.25) is 0 Å². The van der Waals surface area contributed by atoms with Gasteiger partial charge in [0, 0.05) is 11.3 Å². The lowest BCUT2D eigenvalue weighted by Gasteiger charge is -2.52. The first-order valence-corrected chi connectivity index (χ1v) is 9.59. The molecule has 28 heavy (non-hydrogen) atoms.